The van der Waals surface area contributed by atoms with Gasteiger partial charge in [-0.05, 0) is 24.3 Å². The van der Waals surface area contributed by atoms with Gasteiger partial charge in [-0.2, -0.15) is 13.2 Å². The van der Waals surface area contributed by atoms with Crippen LogP contribution in [0.25, 0.3) is 11.0 Å². The van der Waals surface area contributed by atoms with Gasteiger partial charge in [0.1, 0.15) is 0 Å². The van der Waals surface area contributed by atoms with Crippen molar-refractivity contribution in [2.45, 2.75) is 6.18 Å². The molecule has 0 saturated heterocycles. The molecule has 1 amide bonds. The second-order valence-electron chi connectivity index (χ2n) is 4.64. The minimum atomic E-state index is -4.45. The Labute approximate surface area is 132 Å². The lowest BCUT2D eigenvalue weighted by Crippen LogP contribution is -2.10. The number of aromatic nitrogens is 2. The molecule has 8 heteroatoms. The van der Waals surface area contributed by atoms with Crippen molar-refractivity contribution in [3.63, 3.8) is 0 Å². The third kappa shape index (κ3) is 3.42. The Morgan fingerprint density at radius 2 is 2.17 bits per heavy atom. The third-order valence-electron chi connectivity index (χ3n) is 3.04. The molecular weight excluding hydrogens is 327 g/mol. The Hall–Kier alpha value is -2.61. The summed E-state index contributed by atoms with van der Waals surface area (Å²) in [5.74, 6) is -0.519. The Kier molecular flexibility index (Phi) is 3.91. The van der Waals surface area contributed by atoms with E-state index in [4.69, 9.17) is 0 Å². The summed E-state index contributed by atoms with van der Waals surface area (Å²) in [5, 5.41) is 4.27. The first-order valence-corrected chi connectivity index (χ1v) is 7.38. The van der Waals surface area contributed by atoms with E-state index in [1.807, 2.05) is 11.6 Å². The number of carbonyl (C=O) groups excluding carboxylic acids is 1. The summed E-state index contributed by atoms with van der Waals surface area (Å²) < 4.78 is 39.7. The highest BCUT2D eigenvalue weighted by molar-refractivity contribution is 7.15. The van der Waals surface area contributed by atoms with Gasteiger partial charge in [0.2, 0.25) is 5.91 Å². The second-order valence-corrected chi connectivity index (χ2v) is 5.51. The summed E-state index contributed by atoms with van der Waals surface area (Å²) in [5.41, 5.74) is -0.0149. The number of imidazole rings is 1. The van der Waals surface area contributed by atoms with Crippen LogP contribution in [0.4, 0.5) is 18.9 Å². The predicted octanol–water partition coefficient (Wildman–Crippen LogP) is 4.07. The van der Waals surface area contributed by atoms with E-state index in [0.717, 1.165) is 17.1 Å². The van der Waals surface area contributed by atoms with Crippen LogP contribution in [0.15, 0.2) is 48.1 Å². The first-order chi connectivity index (χ1) is 10.9. The number of halogens is 3. The topological polar surface area (TPSA) is 46.4 Å². The van der Waals surface area contributed by atoms with Gasteiger partial charge in [-0.3, -0.25) is 9.20 Å². The van der Waals surface area contributed by atoms with Crippen LogP contribution in [0.3, 0.4) is 0 Å². The average molecular weight is 337 g/mol. The number of rotatable bonds is 3. The maximum Gasteiger partial charge on any atom is 0.416 e. The van der Waals surface area contributed by atoms with E-state index < -0.39 is 17.6 Å². The summed E-state index contributed by atoms with van der Waals surface area (Å²) in [6, 6.07) is 4.48. The lowest BCUT2D eigenvalue weighted by atomic mass is 10.2. The molecule has 23 heavy (non-hydrogen) atoms. The Morgan fingerprint density at radius 1 is 1.35 bits per heavy atom. The standard InChI is InChI=1S/C15H10F3N3OS/c16-15(17,18)10-2-1-3-11(8-10)20-13(22)5-4-12-9-19-14-21(12)6-7-23-14/h1-9H,(H,20,22)/b5-4+. The zero-order chi connectivity index (χ0) is 16.4. The van der Waals surface area contributed by atoms with Crippen molar-refractivity contribution in [3.05, 3.63) is 59.4 Å². The molecule has 2 heterocycles. The summed E-state index contributed by atoms with van der Waals surface area (Å²) in [6.45, 7) is 0. The number of amides is 1. The fourth-order valence-corrected chi connectivity index (χ4v) is 2.68. The van der Waals surface area contributed by atoms with Crippen LogP contribution in [0.2, 0.25) is 0 Å². The zero-order valence-corrected chi connectivity index (χ0v) is 12.4. The molecule has 0 aliphatic rings. The van der Waals surface area contributed by atoms with Gasteiger partial charge in [0.05, 0.1) is 17.5 Å². The van der Waals surface area contributed by atoms with Crippen molar-refractivity contribution < 1.29 is 18.0 Å². The normalized spacial score (nSPS) is 12.1. The molecule has 1 N–H and O–H groups in total. The Bertz CT molecular complexity index is 879. The van der Waals surface area contributed by atoms with Crippen LogP contribution in [0, 0.1) is 0 Å². The Balaban J connectivity index is 1.72. The van der Waals surface area contributed by atoms with Crippen molar-refractivity contribution >= 4 is 34.0 Å². The van der Waals surface area contributed by atoms with Crippen LogP contribution in [-0.2, 0) is 11.0 Å². The molecule has 118 valence electrons. The van der Waals surface area contributed by atoms with Crippen molar-refractivity contribution in [2.24, 2.45) is 0 Å². The first kappa shape index (κ1) is 15.3. The van der Waals surface area contributed by atoms with Crippen molar-refractivity contribution in [2.75, 3.05) is 5.32 Å². The molecule has 4 nitrogen and oxygen atoms in total. The maximum atomic E-state index is 12.6. The lowest BCUT2D eigenvalue weighted by Gasteiger charge is -2.08. The molecule has 0 bridgehead atoms. The minimum absolute atomic E-state index is 0.0865. The lowest BCUT2D eigenvalue weighted by molar-refractivity contribution is -0.137. The van der Waals surface area contributed by atoms with E-state index in [2.05, 4.69) is 10.3 Å². The zero-order valence-electron chi connectivity index (χ0n) is 11.5. The van der Waals surface area contributed by atoms with Crippen LogP contribution in [0.5, 0.6) is 0 Å². The smallest absolute Gasteiger partial charge is 0.322 e. The van der Waals surface area contributed by atoms with Crippen molar-refractivity contribution in [1.29, 1.82) is 0 Å². The fraction of sp³-hybridized carbons (Fsp3) is 0.0667. The van der Waals surface area contributed by atoms with Crippen LogP contribution >= 0.6 is 11.3 Å². The fourth-order valence-electron chi connectivity index (χ4n) is 1.99. The van der Waals surface area contributed by atoms with E-state index in [9.17, 15) is 18.0 Å². The highest BCUT2D eigenvalue weighted by atomic mass is 32.1. The van der Waals surface area contributed by atoms with Gasteiger partial charge in [0.25, 0.3) is 0 Å². The average Bonchev–Trinajstić information content (AvgIpc) is 3.08. The number of nitrogens with one attached hydrogen (secondary N) is 1. The predicted molar refractivity (Wildman–Crippen MR) is 82.2 cm³/mol. The quantitative estimate of drug-likeness (QED) is 0.733. The van der Waals surface area contributed by atoms with Gasteiger partial charge < -0.3 is 5.32 Å². The molecule has 3 aromatic rings. The van der Waals surface area contributed by atoms with Gasteiger partial charge in [-0.25, -0.2) is 4.98 Å². The van der Waals surface area contributed by atoms with Crippen LogP contribution in [-0.4, -0.2) is 15.3 Å². The Morgan fingerprint density at radius 3 is 2.96 bits per heavy atom. The molecule has 2 aromatic heterocycles. The molecule has 1 aromatic carbocycles. The number of anilines is 1. The molecule has 0 aliphatic carbocycles. The summed E-state index contributed by atoms with van der Waals surface area (Å²) in [4.78, 5) is 16.8. The highest BCUT2D eigenvalue weighted by Gasteiger charge is 2.30. The van der Waals surface area contributed by atoms with E-state index in [-0.39, 0.29) is 5.69 Å². The first-order valence-electron chi connectivity index (χ1n) is 6.50. The summed E-state index contributed by atoms with van der Waals surface area (Å²) in [7, 11) is 0. The van der Waals surface area contributed by atoms with Gasteiger partial charge in [-0.15, -0.1) is 11.3 Å². The van der Waals surface area contributed by atoms with E-state index >= 15 is 0 Å². The van der Waals surface area contributed by atoms with Gasteiger partial charge in [-0.1, -0.05) is 6.07 Å². The summed E-state index contributed by atoms with van der Waals surface area (Å²) >= 11 is 1.46. The molecule has 0 atom stereocenters. The monoisotopic (exact) mass is 337 g/mol. The number of alkyl halides is 3. The third-order valence-corrected chi connectivity index (χ3v) is 3.81. The molecular formula is C15H10F3N3OS. The molecule has 0 unspecified atom stereocenters. The highest BCUT2D eigenvalue weighted by Crippen LogP contribution is 2.30. The molecule has 0 radical (unpaired) electrons. The minimum Gasteiger partial charge on any atom is -0.322 e. The van der Waals surface area contributed by atoms with Crippen molar-refractivity contribution in [1.82, 2.24) is 9.38 Å². The number of hydrogen-bond donors (Lipinski definition) is 1. The number of carbonyl (C=O) groups is 1. The van der Waals surface area contributed by atoms with E-state index in [1.165, 1.54) is 29.5 Å². The van der Waals surface area contributed by atoms with E-state index in [1.54, 1.807) is 16.7 Å². The molecule has 0 aliphatic heterocycles. The number of benzene rings is 1. The maximum absolute atomic E-state index is 12.6. The summed E-state index contributed by atoms with van der Waals surface area (Å²) in [6.07, 6.45) is 1.78. The largest absolute Gasteiger partial charge is 0.416 e. The van der Waals surface area contributed by atoms with Crippen LogP contribution < -0.4 is 5.32 Å². The van der Waals surface area contributed by atoms with E-state index in [0.29, 0.717) is 5.69 Å². The van der Waals surface area contributed by atoms with Crippen molar-refractivity contribution in [3.8, 4) is 0 Å². The number of thiazole rings is 1. The van der Waals surface area contributed by atoms with Gasteiger partial charge in [0, 0.05) is 23.3 Å². The molecule has 0 spiro atoms. The number of hydrogen-bond acceptors (Lipinski definition) is 3. The van der Waals surface area contributed by atoms with Crippen LogP contribution in [0.1, 0.15) is 11.3 Å². The molecule has 3 rings (SSSR count). The second kappa shape index (κ2) is 5.88. The van der Waals surface area contributed by atoms with Gasteiger partial charge >= 0.3 is 6.18 Å². The number of nitrogens with zero attached hydrogens (tertiary/aromatic N) is 2. The SMILES string of the molecule is O=C(/C=C/c1cnc2sccn12)Nc1cccc(C(F)(F)F)c1. The van der Waals surface area contributed by atoms with Gasteiger partial charge in [0.15, 0.2) is 4.96 Å². The molecule has 0 saturated carbocycles. The number of fused-ring (bicyclic) bond motifs is 1. The molecule has 0 fully saturated rings.